The lowest BCUT2D eigenvalue weighted by Gasteiger charge is -2.24. The second-order valence-electron chi connectivity index (χ2n) is 5.18. The lowest BCUT2D eigenvalue weighted by atomic mass is 9.90. The monoisotopic (exact) mass is 239 g/mol. The Morgan fingerprint density at radius 3 is 2.88 bits per heavy atom. The van der Waals surface area contributed by atoms with E-state index in [1.54, 1.807) is 7.11 Å². The van der Waals surface area contributed by atoms with Gasteiger partial charge in [-0.2, -0.15) is 0 Å². The van der Waals surface area contributed by atoms with Gasteiger partial charge >= 0.3 is 0 Å². The largest absolute Gasteiger partial charge is 0.385 e. The molecule has 0 bridgehead atoms. The molecule has 17 heavy (non-hydrogen) atoms. The molecule has 98 valence electrons. The first-order chi connectivity index (χ1) is 8.09. The summed E-state index contributed by atoms with van der Waals surface area (Å²) in [5.41, 5.74) is 1.52. The van der Waals surface area contributed by atoms with Crippen molar-refractivity contribution in [2.45, 2.75) is 40.3 Å². The van der Waals surface area contributed by atoms with Gasteiger partial charge in [-0.1, -0.05) is 13.8 Å². The third-order valence-electron chi connectivity index (χ3n) is 3.03. The van der Waals surface area contributed by atoms with Crippen molar-refractivity contribution in [2.24, 2.45) is 5.41 Å². The highest BCUT2D eigenvalue weighted by Crippen LogP contribution is 2.18. The van der Waals surface area contributed by atoms with E-state index in [9.17, 15) is 0 Å². The van der Waals surface area contributed by atoms with E-state index in [2.05, 4.69) is 35.6 Å². The average molecular weight is 239 g/mol. The first kappa shape index (κ1) is 14.2. The van der Waals surface area contributed by atoms with Crippen LogP contribution in [-0.4, -0.2) is 29.8 Å². The zero-order chi connectivity index (χ0) is 12.7. The van der Waals surface area contributed by atoms with Crippen molar-refractivity contribution in [1.82, 2.24) is 14.9 Å². The Morgan fingerprint density at radius 2 is 2.24 bits per heavy atom. The fourth-order valence-electron chi connectivity index (χ4n) is 1.78. The molecule has 0 aliphatic carbocycles. The number of imidazole rings is 1. The smallest absolute Gasteiger partial charge is 0.0948 e. The third-order valence-corrected chi connectivity index (χ3v) is 3.03. The van der Waals surface area contributed by atoms with Gasteiger partial charge < -0.3 is 14.6 Å². The molecule has 1 rings (SSSR count). The Labute approximate surface area is 104 Å². The summed E-state index contributed by atoms with van der Waals surface area (Å²) in [4.78, 5) is 4.16. The number of aromatic nitrogens is 2. The summed E-state index contributed by atoms with van der Waals surface area (Å²) in [6.45, 7) is 10.3. The molecule has 0 saturated carbocycles. The molecule has 0 unspecified atom stereocenters. The molecule has 4 nitrogen and oxygen atoms in total. The van der Waals surface area contributed by atoms with Gasteiger partial charge in [0.05, 0.1) is 12.0 Å². The van der Waals surface area contributed by atoms with Gasteiger partial charge in [0.15, 0.2) is 0 Å². The Hall–Kier alpha value is -0.870. The molecule has 0 amide bonds. The maximum Gasteiger partial charge on any atom is 0.0948 e. The van der Waals surface area contributed by atoms with Crippen molar-refractivity contribution in [1.29, 1.82) is 0 Å². The van der Waals surface area contributed by atoms with Gasteiger partial charge in [0.1, 0.15) is 0 Å². The molecular formula is C13H25N3O. The molecular weight excluding hydrogens is 214 g/mol. The van der Waals surface area contributed by atoms with Gasteiger partial charge in [-0.15, -0.1) is 0 Å². The summed E-state index contributed by atoms with van der Waals surface area (Å²) < 4.78 is 7.29. The molecule has 0 saturated heterocycles. The molecule has 0 aliphatic rings. The standard InChI is InChI=1S/C13H25N3O/c1-5-16-11-15-9-12(16)8-14-10-13(2,3)6-7-17-4/h9,11,14H,5-8,10H2,1-4H3. The first-order valence-electron chi connectivity index (χ1n) is 6.27. The number of ether oxygens (including phenoxy) is 1. The minimum Gasteiger partial charge on any atom is -0.385 e. The average Bonchev–Trinajstić information content (AvgIpc) is 2.74. The maximum absolute atomic E-state index is 5.12. The molecule has 0 aliphatic heterocycles. The zero-order valence-electron chi connectivity index (χ0n) is 11.5. The zero-order valence-corrected chi connectivity index (χ0v) is 11.5. The van der Waals surface area contributed by atoms with Crippen LogP contribution < -0.4 is 5.32 Å². The molecule has 4 heteroatoms. The second-order valence-corrected chi connectivity index (χ2v) is 5.18. The number of hydrogen-bond acceptors (Lipinski definition) is 3. The van der Waals surface area contributed by atoms with Crippen LogP contribution >= 0.6 is 0 Å². The van der Waals surface area contributed by atoms with Crippen LogP contribution in [0.3, 0.4) is 0 Å². The number of nitrogens with one attached hydrogen (secondary N) is 1. The SMILES string of the molecule is CCn1cncc1CNCC(C)(C)CCOC. The molecule has 0 spiro atoms. The Balaban J connectivity index is 2.32. The number of rotatable bonds is 8. The van der Waals surface area contributed by atoms with Crippen molar-refractivity contribution in [3.63, 3.8) is 0 Å². The number of hydrogen-bond donors (Lipinski definition) is 1. The maximum atomic E-state index is 5.12. The molecule has 0 atom stereocenters. The van der Waals surface area contributed by atoms with E-state index in [0.717, 1.165) is 32.7 Å². The summed E-state index contributed by atoms with van der Waals surface area (Å²) >= 11 is 0. The van der Waals surface area contributed by atoms with Crippen LogP contribution in [0.25, 0.3) is 0 Å². The van der Waals surface area contributed by atoms with Crippen molar-refractivity contribution in [3.05, 3.63) is 18.2 Å². The van der Waals surface area contributed by atoms with Gasteiger partial charge in [-0.25, -0.2) is 4.98 Å². The molecule has 0 fully saturated rings. The lowest BCUT2D eigenvalue weighted by Crippen LogP contribution is -2.30. The van der Waals surface area contributed by atoms with Crippen LogP contribution in [0.4, 0.5) is 0 Å². The van der Waals surface area contributed by atoms with Crippen LogP contribution in [0.15, 0.2) is 12.5 Å². The lowest BCUT2D eigenvalue weighted by molar-refractivity contribution is 0.150. The minimum absolute atomic E-state index is 0.271. The van der Waals surface area contributed by atoms with E-state index in [1.165, 1.54) is 5.69 Å². The quantitative estimate of drug-likeness (QED) is 0.754. The topological polar surface area (TPSA) is 39.1 Å². The second kappa shape index (κ2) is 6.77. The van der Waals surface area contributed by atoms with E-state index in [1.807, 2.05) is 12.5 Å². The minimum atomic E-state index is 0.271. The van der Waals surface area contributed by atoms with E-state index < -0.39 is 0 Å². The molecule has 1 heterocycles. The summed E-state index contributed by atoms with van der Waals surface area (Å²) in [5.74, 6) is 0. The molecule has 1 aromatic heterocycles. The predicted molar refractivity (Wildman–Crippen MR) is 69.9 cm³/mol. The van der Waals surface area contributed by atoms with Crippen LogP contribution in [0.1, 0.15) is 32.9 Å². The summed E-state index contributed by atoms with van der Waals surface area (Å²) in [7, 11) is 1.75. The van der Waals surface area contributed by atoms with E-state index in [4.69, 9.17) is 4.74 Å². The van der Waals surface area contributed by atoms with Crippen molar-refractivity contribution >= 4 is 0 Å². The fourth-order valence-corrected chi connectivity index (χ4v) is 1.78. The highest BCUT2D eigenvalue weighted by molar-refractivity contribution is 4.97. The Kier molecular flexibility index (Phi) is 5.65. The van der Waals surface area contributed by atoms with Gasteiger partial charge in [0, 0.05) is 39.5 Å². The van der Waals surface area contributed by atoms with Crippen molar-refractivity contribution in [3.8, 4) is 0 Å². The Morgan fingerprint density at radius 1 is 1.47 bits per heavy atom. The summed E-state index contributed by atoms with van der Waals surface area (Å²) in [5, 5.41) is 3.50. The van der Waals surface area contributed by atoms with Gasteiger partial charge in [-0.3, -0.25) is 0 Å². The molecule has 1 aromatic rings. The van der Waals surface area contributed by atoms with E-state index in [0.29, 0.717) is 0 Å². The van der Waals surface area contributed by atoms with Crippen LogP contribution in [0.2, 0.25) is 0 Å². The summed E-state index contributed by atoms with van der Waals surface area (Å²) in [6, 6.07) is 0. The third kappa shape index (κ3) is 4.88. The van der Waals surface area contributed by atoms with Crippen molar-refractivity contribution < 1.29 is 4.74 Å². The van der Waals surface area contributed by atoms with E-state index >= 15 is 0 Å². The number of nitrogens with zero attached hydrogens (tertiary/aromatic N) is 2. The number of aryl methyl sites for hydroxylation is 1. The van der Waals surface area contributed by atoms with Gasteiger partial charge in [0.25, 0.3) is 0 Å². The first-order valence-corrected chi connectivity index (χ1v) is 6.27. The van der Waals surface area contributed by atoms with Crippen LogP contribution in [0.5, 0.6) is 0 Å². The molecule has 1 N–H and O–H groups in total. The van der Waals surface area contributed by atoms with Gasteiger partial charge in [-0.05, 0) is 18.8 Å². The molecule has 0 radical (unpaired) electrons. The predicted octanol–water partition coefficient (Wildman–Crippen LogP) is 2.06. The Bertz CT molecular complexity index is 320. The highest BCUT2D eigenvalue weighted by atomic mass is 16.5. The fraction of sp³-hybridized carbons (Fsp3) is 0.769. The molecule has 0 aromatic carbocycles. The van der Waals surface area contributed by atoms with Gasteiger partial charge in [0.2, 0.25) is 0 Å². The van der Waals surface area contributed by atoms with E-state index in [-0.39, 0.29) is 5.41 Å². The normalized spacial score (nSPS) is 12.0. The highest BCUT2D eigenvalue weighted by Gasteiger charge is 2.16. The summed E-state index contributed by atoms with van der Waals surface area (Å²) in [6.07, 6.45) is 4.88. The van der Waals surface area contributed by atoms with Crippen LogP contribution in [0, 0.1) is 5.41 Å². The number of methoxy groups -OCH3 is 1. The van der Waals surface area contributed by atoms with Crippen LogP contribution in [-0.2, 0) is 17.8 Å². The van der Waals surface area contributed by atoms with Crippen molar-refractivity contribution in [2.75, 3.05) is 20.3 Å².